The standard InChI is InChI=1S/C16H17N5O2/c1-3-8-17-16(23)14-9-15(19-10-18-14)21-13-6-4-12(5-7-13)20-11(2)22/h3-7,9-10H,1,8H2,2H3,(H,17,23)(H,20,22)(H,18,19,21). The molecule has 2 rings (SSSR count). The maximum Gasteiger partial charge on any atom is 0.270 e. The molecule has 0 aliphatic heterocycles. The second-order valence-electron chi connectivity index (χ2n) is 4.67. The van der Waals surface area contributed by atoms with Crippen molar-refractivity contribution in [1.82, 2.24) is 15.3 Å². The molecule has 118 valence electrons. The van der Waals surface area contributed by atoms with Crippen LogP contribution in [0.1, 0.15) is 17.4 Å². The first-order valence-electron chi connectivity index (χ1n) is 6.94. The van der Waals surface area contributed by atoms with E-state index in [2.05, 4.69) is 32.5 Å². The van der Waals surface area contributed by atoms with Gasteiger partial charge in [0, 0.05) is 30.9 Å². The largest absolute Gasteiger partial charge is 0.347 e. The number of rotatable bonds is 6. The van der Waals surface area contributed by atoms with Crippen LogP contribution in [0.5, 0.6) is 0 Å². The van der Waals surface area contributed by atoms with Gasteiger partial charge >= 0.3 is 0 Å². The van der Waals surface area contributed by atoms with Crippen molar-refractivity contribution < 1.29 is 9.59 Å². The normalized spacial score (nSPS) is 9.78. The maximum absolute atomic E-state index is 11.8. The van der Waals surface area contributed by atoms with Gasteiger partial charge in [0.25, 0.3) is 5.91 Å². The Labute approximate surface area is 133 Å². The second kappa shape index (κ2) is 7.69. The Balaban J connectivity index is 2.06. The molecule has 0 saturated heterocycles. The summed E-state index contributed by atoms with van der Waals surface area (Å²) in [6, 6.07) is 8.68. The monoisotopic (exact) mass is 311 g/mol. The first kappa shape index (κ1) is 16.2. The minimum atomic E-state index is -0.295. The number of carbonyl (C=O) groups excluding carboxylic acids is 2. The predicted octanol–water partition coefficient (Wildman–Crippen LogP) is 2.09. The van der Waals surface area contributed by atoms with E-state index in [1.54, 1.807) is 36.4 Å². The van der Waals surface area contributed by atoms with Gasteiger partial charge in [0.05, 0.1) is 0 Å². The van der Waals surface area contributed by atoms with Gasteiger partial charge in [-0.1, -0.05) is 6.08 Å². The van der Waals surface area contributed by atoms with Crippen LogP contribution in [0.4, 0.5) is 17.2 Å². The molecule has 2 amide bonds. The average Bonchev–Trinajstić information content (AvgIpc) is 2.54. The molecule has 23 heavy (non-hydrogen) atoms. The number of aromatic nitrogens is 2. The molecule has 0 aliphatic carbocycles. The number of nitrogens with zero attached hydrogens (tertiary/aromatic N) is 2. The third kappa shape index (κ3) is 4.92. The summed E-state index contributed by atoms with van der Waals surface area (Å²) < 4.78 is 0. The van der Waals surface area contributed by atoms with Crippen molar-refractivity contribution in [2.24, 2.45) is 0 Å². The Morgan fingerprint density at radius 3 is 2.52 bits per heavy atom. The summed E-state index contributed by atoms with van der Waals surface area (Å²) in [5, 5.41) is 8.41. The molecule has 0 aliphatic rings. The average molecular weight is 311 g/mol. The molecule has 1 aromatic heterocycles. The fourth-order valence-corrected chi connectivity index (χ4v) is 1.79. The van der Waals surface area contributed by atoms with Crippen LogP contribution in [-0.4, -0.2) is 28.3 Å². The van der Waals surface area contributed by atoms with E-state index >= 15 is 0 Å². The zero-order valence-electron chi connectivity index (χ0n) is 12.7. The summed E-state index contributed by atoms with van der Waals surface area (Å²) >= 11 is 0. The number of hydrogen-bond donors (Lipinski definition) is 3. The highest BCUT2D eigenvalue weighted by Gasteiger charge is 2.07. The van der Waals surface area contributed by atoms with Crippen molar-refractivity contribution in [3.8, 4) is 0 Å². The number of benzene rings is 1. The van der Waals surface area contributed by atoms with Crippen molar-refractivity contribution in [3.63, 3.8) is 0 Å². The molecule has 0 bridgehead atoms. The van der Waals surface area contributed by atoms with E-state index in [1.807, 2.05) is 0 Å². The molecule has 0 spiro atoms. The van der Waals surface area contributed by atoms with Crippen molar-refractivity contribution in [2.45, 2.75) is 6.92 Å². The molecule has 7 heteroatoms. The molecule has 7 nitrogen and oxygen atoms in total. The van der Waals surface area contributed by atoms with Crippen LogP contribution in [0.15, 0.2) is 49.3 Å². The number of carbonyl (C=O) groups is 2. The van der Waals surface area contributed by atoms with Gasteiger partial charge in [-0.3, -0.25) is 9.59 Å². The first-order valence-corrected chi connectivity index (χ1v) is 6.94. The molecule has 0 radical (unpaired) electrons. The Bertz CT molecular complexity index is 713. The van der Waals surface area contributed by atoms with Gasteiger partial charge in [0.1, 0.15) is 17.8 Å². The number of anilines is 3. The molecule has 0 atom stereocenters. The summed E-state index contributed by atoms with van der Waals surface area (Å²) in [6.45, 7) is 5.36. The summed E-state index contributed by atoms with van der Waals surface area (Å²) in [4.78, 5) is 30.8. The van der Waals surface area contributed by atoms with Crippen LogP contribution in [-0.2, 0) is 4.79 Å². The minimum Gasteiger partial charge on any atom is -0.347 e. The van der Waals surface area contributed by atoms with Gasteiger partial charge in [-0.2, -0.15) is 0 Å². The lowest BCUT2D eigenvalue weighted by atomic mass is 10.2. The van der Waals surface area contributed by atoms with E-state index in [0.717, 1.165) is 5.69 Å². The van der Waals surface area contributed by atoms with Crippen LogP contribution in [0.2, 0.25) is 0 Å². The van der Waals surface area contributed by atoms with E-state index < -0.39 is 0 Å². The van der Waals surface area contributed by atoms with E-state index in [1.165, 1.54) is 13.3 Å². The topological polar surface area (TPSA) is 96.0 Å². The number of nitrogens with one attached hydrogen (secondary N) is 3. The van der Waals surface area contributed by atoms with Crippen molar-refractivity contribution in [1.29, 1.82) is 0 Å². The van der Waals surface area contributed by atoms with Gasteiger partial charge < -0.3 is 16.0 Å². The summed E-state index contributed by atoms with van der Waals surface area (Å²) in [5.41, 5.74) is 1.74. The van der Waals surface area contributed by atoms with Crippen LogP contribution in [0, 0.1) is 0 Å². The molecule has 1 aromatic carbocycles. The molecule has 1 heterocycles. The van der Waals surface area contributed by atoms with Crippen molar-refractivity contribution in [2.75, 3.05) is 17.2 Å². The molecule has 0 saturated carbocycles. The van der Waals surface area contributed by atoms with Gasteiger partial charge in [-0.25, -0.2) is 9.97 Å². The Hall–Kier alpha value is -3.22. The quantitative estimate of drug-likeness (QED) is 0.710. The van der Waals surface area contributed by atoms with Gasteiger partial charge in [-0.15, -0.1) is 6.58 Å². The highest BCUT2D eigenvalue weighted by molar-refractivity contribution is 5.93. The third-order valence-electron chi connectivity index (χ3n) is 2.78. The van der Waals surface area contributed by atoms with Crippen LogP contribution in [0.3, 0.4) is 0 Å². The molecular weight excluding hydrogens is 294 g/mol. The lowest BCUT2D eigenvalue weighted by Gasteiger charge is -2.08. The fourth-order valence-electron chi connectivity index (χ4n) is 1.79. The zero-order chi connectivity index (χ0) is 16.7. The fraction of sp³-hybridized carbons (Fsp3) is 0.125. The molecule has 2 aromatic rings. The Morgan fingerprint density at radius 1 is 1.17 bits per heavy atom. The van der Waals surface area contributed by atoms with E-state index in [9.17, 15) is 9.59 Å². The highest BCUT2D eigenvalue weighted by Crippen LogP contribution is 2.17. The van der Waals surface area contributed by atoms with Gasteiger partial charge in [-0.05, 0) is 24.3 Å². The predicted molar refractivity (Wildman–Crippen MR) is 88.6 cm³/mol. The van der Waals surface area contributed by atoms with Crippen LogP contribution >= 0.6 is 0 Å². The minimum absolute atomic E-state index is 0.128. The lowest BCUT2D eigenvalue weighted by Crippen LogP contribution is -2.24. The summed E-state index contributed by atoms with van der Waals surface area (Å²) in [5.74, 6) is 0.0732. The third-order valence-corrected chi connectivity index (χ3v) is 2.78. The van der Waals surface area contributed by atoms with E-state index in [0.29, 0.717) is 18.1 Å². The number of hydrogen-bond acceptors (Lipinski definition) is 5. The molecule has 0 fully saturated rings. The first-order chi connectivity index (χ1) is 11.1. The second-order valence-corrected chi connectivity index (χ2v) is 4.67. The highest BCUT2D eigenvalue weighted by atomic mass is 16.2. The van der Waals surface area contributed by atoms with E-state index in [-0.39, 0.29) is 17.5 Å². The van der Waals surface area contributed by atoms with E-state index in [4.69, 9.17) is 0 Å². The van der Waals surface area contributed by atoms with Crippen LogP contribution in [0.25, 0.3) is 0 Å². The zero-order valence-corrected chi connectivity index (χ0v) is 12.7. The lowest BCUT2D eigenvalue weighted by molar-refractivity contribution is -0.114. The van der Waals surface area contributed by atoms with Crippen molar-refractivity contribution >= 4 is 29.0 Å². The van der Waals surface area contributed by atoms with Crippen molar-refractivity contribution in [3.05, 3.63) is 55.0 Å². The SMILES string of the molecule is C=CCNC(=O)c1cc(Nc2ccc(NC(C)=O)cc2)ncn1. The molecule has 3 N–H and O–H groups in total. The summed E-state index contributed by atoms with van der Waals surface area (Å²) in [6.07, 6.45) is 2.91. The van der Waals surface area contributed by atoms with Crippen LogP contribution < -0.4 is 16.0 Å². The van der Waals surface area contributed by atoms with Gasteiger partial charge in [0.2, 0.25) is 5.91 Å². The number of amides is 2. The Morgan fingerprint density at radius 2 is 1.87 bits per heavy atom. The van der Waals surface area contributed by atoms with Gasteiger partial charge in [0.15, 0.2) is 0 Å². The molecular formula is C16H17N5O2. The molecule has 0 unspecified atom stereocenters. The smallest absolute Gasteiger partial charge is 0.270 e. The Kier molecular flexibility index (Phi) is 5.40. The maximum atomic E-state index is 11.8. The summed E-state index contributed by atoms with van der Waals surface area (Å²) in [7, 11) is 0.